The fourth-order valence-electron chi connectivity index (χ4n) is 1.35. The van der Waals surface area contributed by atoms with E-state index in [1.165, 1.54) is 4.31 Å². The molecular formula is C6H14N2O3S. The number of nitrogens with zero attached hydrogens (tertiary/aromatic N) is 1. The van der Waals surface area contributed by atoms with E-state index in [1.807, 2.05) is 0 Å². The molecule has 0 unspecified atom stereocenters. The molecule has 0 saturated carbocycles. The van der Waals surface area contributed by atoms with E-state index in [4.69, 9.17) is 10.2 Å². The molecule has 0 aromatic heterocycles. The molecule has 12 heavy (non-hydrogen) atoms. The molecule has 5 nitrogen and oxygen atoms in total. The van der Waals surface area contributed by atoms with E-state index >= 15 is 0 Å². The van der Waals surface area contributed by atoms with E-state index in [9.17, 15) is 8.42 Å². The van der Waals surface area contributed by atoms with Crippen LogP contribution in [0.1, 0.15) is 12.8 Å². The number of hydrogen-bond acceptors (Lipinski definition) is 3. The van der Waals surface area contributed by atoms with Crippen molar-refractivity contribution in [2.75, 3.05) is 19.7 Å². The van der Waals surface area contributed by atoms with Crippen LogP contribution in [0.5, 0.6) is 0 Å². The third-order valence-electron chi connectivity index (χ3n) is 2.19. The second-order valence-corrected chi connectivity index (χ2v) is 4.62. The molecule has 0 bridgehead atoms. The smallest absolute Gasteiger partial charge is 0.276 e. The highest BCUT2D eigenvalue weighted by molar-refractivity contribution is 7.86. The van der Waals surface area contributed by atoms with Gasteiger partial charge in [0.25, 0.3) is 10.2 Å². The van der Waals surface area contributed by atoms with Crippen LogP contribution in [0.25, 0.3) is 0 Å². The van der Waals surface area contributed by atoms with Crippen LogP contribution in [-0.4, -0.2) is 37.5 Å². The summed E-state index contributed by atoms with van der Waals surface area (Å²) in [6, 6.07) is 0. The highest BCUT2D eigenvalue weighted by Gasteiger charge is 2.24. The molecule has 1 aliphatic heterocycles. The van der Waals surface area contributed by atoms with Crippen LogP contribution in [0, 0.1) is 5.92 Å². The summed E-state index contributed by atoms with van der Waals surface area (Å²) in [4.78, 5) is 0. The molecule has 0 aromatic rings. The summed E-state index contributed by atoms with van der Waals surface area (Å²) >= 11 is 0. The van der Waals surface area contributed by atoms with E-state index in [1.54, 1.807) is 0 Å². The lowest BCUT2D eigenvalue weighted by Crippen LogP contribution is -2.42. The van der Waals surface area contributed by atoms with Crippen molar-refractivity contribution in [2.24, 2.45) is 11.1 Å². The van der Waals surface area contributed by atoms with Gasteiger partial charge in [-0.15, -0.1) is 0 Å². The first-order valence-corrected chi connectivity index (χ1v) is 5.43. The Morgan fingerprint density at radius 2 is 1.92 bits per heavy atom. The summed E-state index contributed by atoms with van der Waals surface area (Å²) in [6.07, 6.45) is 1.40. The lowest BCUT2D eigenvalue weighted by molar-refractivity contribution is 0.170. The zero-order chi connectivity index (χ0) is 9.19. The minimum absolute atomic E-state index is 0.137. The van der Waals surface area contributed by atoms with Crippen LogP contribution in [0.15, 0.2) is 0 Å². The van der Waals surface area contributed by atoms with Crippen molar-refractivity contribution < 1.29 is 13.5 Å². The van der Waals surface area contributed by atoms with Crippen molar-refractivity contribution in [3.8, 4) is 0 Å². The van der Waals surface area contributed by atoms with Gasteiger partial charge in [0.15, 0.2) is 0 Å². The number of aliphatic hydroxyl groups is 1. The van der Waals surface area contributed by atoms with Crippen molar-refractivity contribution in [3.05, 3.63) is 0 Å². The maximum Gasteiger partial charge on any atom is 0.276 e. The van der Waals surface area contributed by atoms with Gasteiger partial charge in [0, 0.05) is 19.7 Å². The molecule has 0 aliphatic carbocycles. The Balaban J connectivity index is 2.47. The summed E-state index contributed by atoms with van der Waals surface area (Å²) in [5.74, 6) is 0.239. The Labute approximate surface area is 72.3 Å². The van der Waals surface area contributed by atoms with Gasteiger partial charge in [-0.1, -0.05) is 0 Å². The van der Waals surface area contributed by atoms with Crippen LogP contribution < -0.4 is 5.14 Å². The van der Waals surface area contributed by atoms with Crippen molar-refractivity contribution in [3.63, 3.8) is 0 Å². The molecule has 0 radical (unpaired) electrons. The predicted octanol–water partition coefficient (Wildman–Crippen LogP) is -1.11. The molecule has 6 heteroatoms. The Bertz CT molecular complexity index is 231. The van der Waals surface area contributed by atoms with Gasteiger partial charge >= 0.3 is 0 Å². The van der Waals surface area contributed by atoms with Gasteiger partial charge in [0.1, 0.15) is 0 Å². The molecule has 0 spiro atoms. The van der Waals surface area contributed by atoms with Crippen molar-refractivity contribution in [1.82, 2.24) is 4.31 Å². The molecular weight excluding hydrogens is 180 g/mol. The highest BCUT2D eigenvalue weighted by atomic mass is 32.2. The van der Waals surface area contributed by atoms with Crippen LogP contribution >= 0.6 is 0 Å². The maximum absolute atomic E-state index is 10.8. The number of hydrogen-bond donors (Lipinski definition) is 2. The summed E-state index contributed by atoms with van der Waals surface area (Å²) in [6.45, 7) is 1.01. The molecule has 1 aliphatic rings. The average Bonchev–Trinajstić information content (AvgIpc) is 2.03. The lowest BCUT2D eigenvalue weighted by Gasteiger charge is -2.28. The Morgan fingerprint density at radius 3 is 2.25 bits per heavy atom. The van der Waals surface area contributed by atoms with E-state index < -0.39 is 10.2 Å². The fourth-order valence-corrected chi connectivity index (χ4v) is 2.07. The van der Waals surface area contributed by atoms with Gasteiger partial charge in [0.05, 0.1) is 0 Å². The highest BCUT2D eigenvalue weighted by Crippen LogP contribution is 2.17. The average molecular weight is 194 g/mol. The lowest BCUT2D eigenvalue weighted by atomic mass is 10.00. The molecule has 72 valence electrons. The van der Waals surface area contributed by atoms with E-state index in [0.29, 0.717) is 25.9 Å². The zero-order valence-corrected chi connectivity index (χ0v) is 7.63. The zero-order valence-electron chi connectivity index (χ0n) is 6.81. The Kier molecular flexibility index (Phi) is 3.05. The van der Waals surface area contributed by atoms with E-state index in [0.717, 1.165) is 0 Å². The second-order valence-electron chi connectivity index (χ2n) is 3.07. The van der Waals surface area contributed by atoms with Crippen molar-refractivity contribution in [1.29, 1.82) is 0 Å². The topological polar surface area (TPSA) is 83.6 Å². The fraction of sp³-hybridized carbons (Fsp3) is 1.00. The summed E-state index contributed by atoms with van der Waals surface area (Å²) in [5, 5.41) is 13.7. The van der Waals surface area contributed by atoms with Crippen molar-refractivity contribution >= 4 is 10.2 Å². The summed E-state index contributed by atoms with van der Waals surface area (Å²) in [7, 11) is -3.51. The normalized spacial score (nSPS) is 22.8. The number of aliphatic hydroxyl groups excluding tert-OH is 1. The maximum atomic E-state index is 10.8. The summed E-state index contributed by atoms with van der Waals surface area (Å²) < 4.78 is 22.9. The van der Waals surface area contributed by atoms with Gasteiger partial charge in [0.2, 0.25) is 0 Å². The molecule has 1 saturated heterocycles. The summed E-state index contributed by atoms with van der Waals surface area (Å²) in [5.41, 5.74) is 0. The molecule has 0 amide bonds. The van der Waals surface area contributed by atoms with Gasteiger partial charge in [-0.3, -0.25) is 0 Å². The van der Waals surface area contributed by atoms with Gasteiger partial charge in [-0.2, -0.15) is 12.7 Å². The molecule has 1 heterocycles. The number of rotatable bonds is 2. The number of nitrogens with two attached hydrogens (primary N) is 1. The standard InChI is InChI=1S/C6H14N2O3S/c7-12(10,11)8-3-1-6(5-9)2-4-8/h6,9H,1-5H2,(H2,7,10,11). The first-order valence-electron chi connectivity index (χ1n) is 3.93. The second kappa shape index (κ2) is 3.69. The third-order valence-corrected chi connectivity index (χ3v) is 3.28. The number of piperidine rings is 1. The first kappa shape index (κ1) is 9.91. The Hall–Kier alpha value is -0.170. The van der Waals surface area contributed by atoms with Gasteiger partial charge in [-0.05, 0) is 18.8 Å². The molecule has 1 rings (SSSR count). The minimum Gasteiger partial charge on any atom is -0.396 e. The molecule has 0 aromatic carbocycles. The van der Waals surface area contributed by atoms with E-state index in [-0.39, 0.29) is 12.5 Å². The van der Waals surface area contributed by atoms with Crippen LogP contribution in [0.4, 0.5) is 0 Å². The quantitative estimate of drug-likeness (QED) is 0.585. The van der Waals surface area contributed by atoms with Crippen LogP contribution in [0.3, 0.4) is 0 Å². The largest absolute Gasteiger partial charge is 0.396 e. The van der Waals surface area contributed by atoms with Crippen LogP contribution in [0.2, 0.25) is 0 Å². The molecule has 3 N–H and O–H groups in total. The SMILES string of the molecule is NS(=O)(=O)N1CCC(CO)CC1. The minimum atomic E-state index is -3.51. The first-order chi connectivity index (χ1) is 5.54. The van der Waals surface area contributed by atoms with Gasteiger partial charge < -0.3 is 5.11 Å². The predicted molar refractivity (Wildman–Crippen MR) is 44.5 cm³/mol. The van der Waals surface area contributed by atoms with Gasteiger partial charge in [-0.25, -0.2) is 5.14 Å². The van der Waals surface area contributed by atoms with Crippen LogP contribution in [-0.2, 0) is 10.2 Å². The van der Waals surface area contributed by atoms with Crippen molar-refractivity contribution in [2.45, 2.75) is 12.8 Å². The Morgan fingerprint density at radius 1 is 1.42 bits per heavy atom. The molecule has 0 atom stereocenters. The monoisotopic (exact) mass is 194 g/mol. The third kappa shape index (κ3) is 2.41. The molecule has 1 fully saturated rings. The van der Waals surface area contributed by atoms with E-state index in [2.05, 4.69) is 0 Å².